The highest BCUT2D eigenvalue weighted by molar-refractivity contribution is 6.31. The van der Waals surface area contributed by atoms with Gasteiger partial charge in [0.2, 0.25) is 5.89 Å². The molecule has 0 fully saturated rings. The van der Waals surface area contributed by atoms with E-state index in [-0.39, 0.29) is 12.1 Å². The van der Waals surface area contributed by atoms with Gasteiger partial charge in [-0.2, -0.15) is 4.98 Å². The Balaban J connectivity index is 2.03. The van der Waals surface area contributed by atoms with Gasteiger partial charge in [0, 0.05) is 17.5 Å². The number of aromatic nitrogens is 2. The van der Waals surface area contributed by atoms with E-state index in [1.54, 1.807) is 0 Å². The number of hydrogen-bond donors (Lipinski definition) is 1. The van der Waals surface area contributed by atoms with E-state index in [9.17, 15) is 0 Å². The highest BCUT2D eigenvalue weighted by Gasteiger charge is 2.18. The summed E-state index contributed by atoms with van der Waals surface area (Å²) in [6, 6.07) is 7.92. The molecule has 2 aromatic rings. The first kappa shape index (κ1) is 15.0. The first-order valence-corrected chi connectivity index (χ1v) is 7.32. The van der Waals surface area contributed by atoms with Gasteiger partial charge in [0.25, 0.3) is 0 Å². The van der Waals surface area contributed by atoms with Crippen molar-refractivity contribution in [1.29, 1.82) is 0 Å². The minimum absolute atomic E-state index is 0.0145. The van der Waals surface area contributed by atoms with Gasteiger partial charge in [0.1, 0.15) is 0 Å². The molecule has 5 heteroatoms. The normalized spacial score (nSPS) is 14.2. The van der Waals surface area contributed by atoms with Crippen LogP contribution < -0.4 is 5.32 Å². The number of nitrogens with zero attached hydrogens (tertiary/aromatic N) is 2. The largest absolute Gasteiger partial charge is 0.338 e. The Labute approximate surface area is 124 Å². The van der Waals surface area contributed by atoms with Gasteiger partial charge in [-0.25, -0.2) is 0 Å². The third-order valence-electron chi connectivity index (χ3n) is 3.20. The Morgan fingerprint density at radius 2 is 2.00 bits per heavy atom. The van der Waals surface area contributed by atoms with Crippen molar-refractivity contribution in [3.63, 3.8) is 0 Å². The van der Waals surface area contributed by atoms with E-state index in [0.29, 0.717) is 5.89 Å². The number of benzene rings is 1. The second-order valence-corrected chi connectivity index (χ2v) is 5.34. The Hall–Kier alpha value is -1.39. The molecule has 0 aliphatic rings. The molecule has 2 atom stereocenters. The molecule has 2 rings (SSSR count). The number of nitrogens with one attached hydrogen (secondary N) is 1. The minimum Gasteiger partial charge on any atom is -0.338 e. The molecule has 1 N–H and O–H groups in total. The predicted octanol–water partition coefficient (Wildman–Crippen LogP) is 4.09. The van der Waals surface area contributed by atoms with Crippen molar-refractivity contribution < 1.29 is 4.52 Å². The summed E-state index contributed by atoms with van der Waals surface area (Å²) in [6.45, 7) is 6.18. The first-order chi connectivity index (χ1) is 9.61. The fourth-order valence-corrected chi connectivity index (χ4v) is 2.43. The topological polar surface area (TPSA) is 51.0 Å². The summed E-state index contributed by atoms with van der Waals surface area (Å²) in [4.78, 5) is 4.40. The van der Waals surface area contributed by atoms with Crippen molar-refractivity contribution in [2.45, 2.75) is 45.7 Å². The summed E-state index contributed by atoms with van der Waals surface area (Å²) in [5.74, 6) is 1.38. The zero-order valence-electron chi connectivity index (χ0n) is 12.1. The molecule has 1 aromatic heterocycles. The standard InChI is InChI=1S/C15H20ClN3O/c1-4-7-14-18-15(20-19-14)11(3)17-10(2)12-8-5-6-9-13(12)16/h5-6,8-11,17H,4,7H2,1-3H3/t10-,11+/m1/s1. The molecule has 0 amide bonds. The number of hydrogen-bond acceptors (Lipinski definition) is 4. The molecular weight excluding hydrogens is 274 g/mol. The summed E-state index contributed by atoms with van der Waals surface area (Å²) in [5.41, 5.74) is 1.06. The van der Waals surface area contributed by atoms with Crippen LogP contribution in [0, 0.1) is 0 Å². The van der Waals surface area contributed by atoms with Crippen LogP contribution in [0.3, 0.4) is 0 Å². The molecule has 1 heterocycles. The monoisotopic (exact) mass is 293 g/mol. The number of aryl methyl sites for hydroxylation is 1. The summed E-state index contributed by atoms with van der Waals surface area (Å²) < 4.78 is 5.29. The third-order valence-corrected chi connectivity index (χ3v) is 3.54. The van der Waals surface area contributed by atoms with E-state index >= 15 is 0 Å². The number of rotatable bonds is 6. The summed E-state index contributed by atoms with van der Waals surface area (Å²) in [6.07, 6.45) is 1.85. The fraction of sp³-hybridized carbons (Fsp3) is 0.467. The molecule has 4 nitrogen and oxygen atoms in total. The van der Waals surface area contributed by atoms with E-state index in [2.05, 4.69) is 29.3 Å². The highest BCUT2D eigenvalue weighted by atomic mass is 35.5. The van der Waals surface area contributed by atoms with Crippen LogP contribution >= 0.6 is 11.6 Å². The van der Waals surface area contributed by atoms with Crippen molar-refractivity contribution in [2.24, 2.45) is 0 Å². The molecule has 0 saturated heterocycles. The molecule has 20 heavy (non-hydrogen) atoms. The van der Waals surface area contributed by atoms with Crippen molar-refractivity contribution in [1.82, 2.24) is 15.5 Å². The van der Waals surface area contributed by atoms with Crippen LogP contribution in [0.1, 0.15) is 56.6 Å². The Bertz CT molecular complexity index is 556. The maximum Gasteiger partial charge on any atom is 0.243 e. The van der Waals surface area contributed by atoms with Gasteiger partial charge in [-0.05, 0) is 31.9 Å². The van der Waals surface area contributed by atoms with Crippen LogP contribution in [0.2, 0.25) is 5.02 Å². The molecule has 0 radical (unpaired) electrons. The van der Waals surface area contributed by atoms with Crippen molar-refractivity contribution in [3.05, 3.63) is 46.6 Å². The summed E-state index contributed by atoms with van der Waals surface area (Å²) >= 11 is 6.20. The maximum absolute atomic E-state index is 6.20. The lowest BCUT2D eigenvalue weighted by Crippen LogP contribution is -2.23. The molecule has 0 unspecified atom stereocenters. The summed E-state index contributed by atoms with van der Waals surface area (Å²) in [5, 5.41) is 8.16. The van der Waals surface area contributed by atoms with Gasteiger partial charge in [0.15, 0.2) is 5.82 Å². The lowest BCUT2D eigenvalue weighted by atomic mass is 10.1. The van der Waals surface area contributed by atoms with Gasteiger partial charge in [-0.1, -0.05) is 41.9 Å². The van der Waals surface area contributed by atoms with Gasteiger partial charge in [-0.3, -0.25) is 5.32 Å². The lowest BCUT2D eigenvalue weighted by Gasteiger charge is -2.18. The van der Waals surface area contributed by atoms with Crippen molar-refractivity contribution >= 4 is 11.6 Å². The van der Waals surface area contributed by atoms with E-state index < -0.39 is 0 Å². The molecule has 0 spiro atoms. The molecule has 0 saturated carbocycles. The summed E-state index contributed by atoms with van der Waals surface area (Å²) in [7, 11) is 0. The van der Waals surface area contributed by atoms with E-state index in [1.165, 1.54) is 0 Å². The van der Waals surface area contributed by atoms with E-state index in [0.717, 1.165) is 29.3 Å². The van der Waals surface area contributed by atoms with Gasteiger partial charge >= 0.3 is 0 Å². The second-order valence-electron chi connectivity index (χ2n) is 4.93. The van der Waals surface area contributed by atoms with Crippen LogP contribution in [0.15, 0.2) is 28.8 Å². The predicted molar refractivity (Wildman–Crippen MR) is 79.7 cm³/mol. The Morgan fingerprint density at radius 1 is 1.25 bits per heavy atom. The Kier molecular flexibility index (Phi) is 5.15. The quantitative estimate of drug-likeness (QED) is 0.871. The van der Waals surface area contributed by atoms with E-state index in [4.69, 9.17) is 16.1 Å². The van der Waals surface area contributed by atoms with Gasteiger partial charge < -0.3 is 4.52 Å². The number of halogens is 1. The minimum atomic E-state index is -0.0145. The van der Waals surface area contributed by atoms with Crippen LogP contribution in [0.4, 0.5) is 0 Å². The molecule has 0 bridgehead atoms. The van der Waals surface area contributed by atoms with Crippen LogP contribution in [-0.2, 0) is 6.42 Å². The SMILES string of the molecule is CCCc1noc([C@H](C)N[C@H](C)c2ccccc2Cl)n1. The zero-order chi connectivity index (χ0) is 14.5. The Morgan fingerprint density at radius 3 is 2.70 bits per heavy atom. The molecule has 1 aromatic carbocycles. The highest BCUT2D eigenvalue weighted by Crippen LogP contribution is 2.24. The maximum atomic E-state index is 6.20. The molecule has 108 valence electrons. The van der Waals surface area contributed by atoms with Crippen LogP contribution in [-0.4, -0.2) is 10.1 Å². The smallest absolute Gasteiger partial charge is 0.243 e. The van der Waals surface area contributed by atoms with Crippen molar-refractivity contribution in [3.8, 4) is 0 Å². The van der Waals surface area contributed by atoms with Crippen molar-refractivity contribution in [2.75, 3.05) is 0 Å². The average molecular weight is 294 g/mol. The lowest BCUT2D eigenvalue weighted by molar-refractivity contribution is 0.325. The van der Waals surface area contributed by atoms with Gasteiger partial charge in [-0.15, -0.1) is 0 Å². The molecular formula is C15H20ClN3O. The van der Waals surface area contributed by atoms with Crippen LogP contribution in [0.25, 0.3) is 0 Å². The molecule has 0 aliphatic heterocycles. The molecule has 0 aliphatic carbocycles. The first-order valence-electron chi connectivity index (χ1n) is 6.94. The van der Waals surface area contributed by atoms with E-state index in [1.807, 2.05) is 31.2 Å². The average Bonchev–Trinajstić information content (AvgIpc) is 2.88. The van der Waals surface area contributed by atoms with Gasteiger partial charge in [0.05, 0.1) is 6.04 Å². The zero-order valence-corrected chi connectivity index (χ0v) is 12.8. The second kappa shape index (κ2) is 6.86. The third kappa shape index (κ3) is 3.58. The van der Waals surface area contributed by atoms with Crippen LogP contribution in [0.5, 0.6) is 0 Å². The fourth-order valence-electron chi connectivity index (χ4n) is 2.13.